The molecule has 3 amide bonds. The molecule has 4 rings (SSSR count). The van der Waals surface area contributed by atoms with Crippen LogP contribution in [0.25, 0.3) is 6.08 Å². The topological polar surface area (TPSA) is 70.2 Å². The first-order valence-corrected chi connectivity index (χ1v) is 11.8. The van der Waals surface area contributed by atoms with Crippen LogP contribution in [0.5, 0.6) is 0 Å². The van der Waals surface area contributed by atoms with Crippen LogP contribution in [0.4, 0.5) is 0 Å². The van der Waals surface area contributed by atoms with Gasteiger partial charge in [0, 0.05) is 57.2 Å². The molecule has 3 saturated heterocycles. The zero-order chi connectivity index (χ0) is 22.3. The smallest absolute Gasteiger partial charge is 0.246 e. The number of hydrogen-bond donors (Lipinski definition) is 0. The molecule has 7 nitrogen and oxygen atoms in total. The Balaban J connectivity index is 1.20. The van der Waals surface area contributed by atoms with E-state index in [1.54, 1.807) is 6.08 Å². The van der Waals surface area contributed by atoms with Gasteiger partial charge in [0.15, 0.2) is 0 Å². The lowest BCUT2D eigenvalue weighted by Crippen LogP contribution is -2.49. The third kappa shape index (κ3) is 5.57. The summed E-state index contributed by atoms with van der Waals surface area (Å²) in [5.74, 6) is 0.406. The van der Waals surface area contributed by atoms with Gasteiger partial charge in [-0.25, -0.2) is 0 Å². The minimum atomic E-state index is -0.0244. The Hall–Kier alpha value is -2.67. The largest absolute Gasteiger partial charge is 0.378 e. The van der Waals surface area contributed by atoms with Gasteiger partial charge in [-0.15, -0.1) is 0 Å². The normalized spacial score (nSPS) is 21.2. The number of likely N-dealkylation sites (tertiary alicyclic amines) is 2. The number of hydrogen-bond acceptors (Lipinski definition) is 4. The molecule has 0 aromatic heterocycles. The second-order valence-corrected chi connectivity index (χ2v) is 8.88. The highest BCUT2D eigenvalue weighted by atomic mass is 16.5. The zero-order valence-electron chi connectivity index (χ0n) is 18.7. The molecule has 0 atom stereocenters. The Labute approximate surface area is 190 Å². The number of nitrogens with zero attached hydrogens (tertiary/aromatic N) is 3. The second-order valence-electron chi connectivity index (χ2n) is 8.88. The predicted octanol–water partition coefficient (Wildman–Crippen LogP) is 2.04. The molecular formula is C25H33N3O4. The second kappa shape index (κ2) is 10.8. The first-order chi connectivity index (χ1) is 15.6. The molecule has 0 radical (unpaired) electrons. The third-order valence-corrected chi connectivity index (χ3v) is 6.85. The van der Waals surface area contributed by atoms with Crippen LogP contribution in [-0.2, 0) is 19.1 Å². The van der Waals surface area contributed by atoms with E-state index in [4.69, 9.17) is 4.74 Å². The molecule has 172 valence electrons. The van der Waals surface area contributed by atoms with E-state index in [1.807, 2.05) is 51.1 Å². The summed E-state index contributed by atoms with van der Waals surface area (Å²) >= 11 is 0. The summed E-state index contributed by atoms with van der Waals surface area (Å²) in [5.41, 5.74) is 1.00. The van der Waals surface area contributed by atoms with Gasteiger partial charge in [0.05, 0.1) is 13.2 Å². The summed E-state index contributed by atoms with van der Waals surface area (Å²) in [5, 5.41) is 0. The van der Waals surface area contributed by atoms with E-state index in [-0.39, 0.29) is 29.6 Å². The van der Waals surface area contributed by atoms with Crippen LogP contribution in [-0.4, -0.2) is 84.9 Å². The summed E-state index contributed by atoms with van der Waals surface area (Å²) in [6.45, 7) is 5.11. The highest BCUT2D eigenvalue weighted by Gasteiger charge is 2.34. The maximum absolute atomic E-state index is 13.0. The van der Waals surface area contributed by atoms with Crippen LogP contribution in [0.2, 0.25) is 0 Å². The summed E-state index contributed by atoms with van der Waals surface area (Å²) in [4.78, 5) is 43.9. The van der Waals surface area contributed by atoms with Gasteiger partial charge in [-0.1, -0.05) is 30.3 Å². The van der Waals surface area contributed by atoms with E-state index in [1.165, 1.54) is 0 Å². The Kier molecular flexibility index (Phi) is 7.58. The van der Waals surface area contributed by atoms with E-state index in [2.05, 4.69) is 0 Å². The summed E-state index contributed by atoms with van der Waals surface area (Å²) < 4.78 is 5.33. The van der Waals surface area contributed by atoms with E-state index >= 15 is 0 Å². The minimum absolute atomic E-state index is 0.00203. The number of carbonyl (C=O) groups excluding carboxylic acids is 3. The molecule has 0 saturated carbocycles. The fourth-order valence-electron chi connectivity index (χ4n) is 4.83. The van der Waals surface area contributed by atoms with Crippen molar-refractivity contribution in [3.8, 4) is 0 Å². The number of rotatable bonds is 4. The van der Waals surface area contributed by atoms with Gasteiger partial charge < -0.3 is 19.4 Å². The Morgan fingerprint density at radius 3 is 1.78 bits per heavy atom. The van der Waals surface area contributed by atoms with Crippen LogP contribution in [0.15, 0.2) is 36.4 Å². The van der Waals surface area contributed by atoms with Crippen LogP contribution in [0.1, 0.15) is 31.2 Å². The van der Waals surface area contributed by atoms with Crippen LogP contribution in [0, 0.1) is 11.8 Å². The SMILES string of the molecule is O=C(/C=C/c1ccccc1)N1CCC(C(=O)N2CCC(C(=O)N3CCOCC3)CC2)CC1. The first kappa shape index (κ1) is 22.5. The minimum Gasteiger partial charge on any atom is -0.378 e. The molecule has 1 aromatic rings. The molecule has 7 heteroatoms. The van der Waals surface area contributed by atoms with Gasteiger partial charge in [0.2, 0.25) is 17.7 Å². The van der Waals surface area contributed by atoms with Crippen molar-refractivity contribution in [3.05, 3.63) is 42.0 Å². The number of benzene rings is 1. The lowest BCUT2D eigenvalue weighted by atomic mass is 9.91. The van der Waals surface area contributed by atoms with Crippen molar-refractivity contribution in [2.24, 2.45) is 11.8 Å². The summed E-state index contributed by atoms with van der Waals surface area (Å²) in [7, 11) is 0. The number of amides is 3. The van der Waals surface area contributed by atoms with Gasteiger partial charge >= 0.3 is 0 Å². The maximum atomic E-state index is 13.0. The van der Waals surface area contributed by atoms with Crippen molar-refractivity contribution >= 4 is 23.8 Å². The number of morpholine rings is 1. The third-order valence-electron chi connectivity index (χ3n) is 6.85. The predicted molar refractivity (Wildman–Crippen MR) is 121 cm³/mol. The molecule has 0 N–H and O–H groups in total. The molecule has 3 fully saturated rings. The van der Waals surface area contributed by atoms with Crippen molar-refractivity contribution in [2.75, 3.05) is 52.5 Å². The number of piperidine rings is 2. The van der Waals surface area contributed by atoms with Crippen LogP contribution >= 0.6 is 0 Å². The highest BCUT2D eigenvalue weighted by molar-refractivity contribution is 5.92. The summed E-state index contributed by atoms with van der Waals surface area (Å²) in [6, 6.07) is 9.77. The maximum Gasteiger partial charge on any atom is 0.246 e. The molecule has 1 aromatic carbocycles. The molecule has 0 bridgehead atoms. The Morgan fingerprint density at radius 2 is 1.22 bits per heavy atom. The molecule has 3 aliphatic rings. The molecular weight excluding hydrogens is 406 g/mol. The van der Waals surface area contributed by atoms with E-state index in [9.17, 15) is 14.4 Å². The van der Waals surface area contributed by atoms with Crippen molar-refractivity contribution in [3.63, 3.8) is 0 Å². The lowest BCUT2D eigenvalue weighted by Gasteiger charge is -2.38. The van der Waals surface area contributed by atoms with Gasteiger partial charge in [0.1, 0.15) is 0 Å². The van der Waals surface area contributed by atoms with Gasteiger partial charge in [-0.3, -0.25) is 14.4 Å². The van der Waals surface area contributed by atoms with Gasteiger partial charge in [-0.2, -0.15) is 0 Å². The van der Waals surface area contributed by atoms with E-state index < -0.39 is 0 Å². The number of ether oxygens (including phenoxy) is 1. The molecule has 32 heavy (non-hydrogen) atoms. The molecule has 0 unspecified atom stereocenters. The molecule has 0 spiro atoms. The average molecular weight is 440 g/mol. The molecule has 3 heterocycles. The van der Waals surface area contributed by atoms with Gasteiger partial charge in [0.25, 0.3) is 0 Å². The number of carbonyl (C=O) groups is 3. The van der Waals surface area contributed by atoms with Crippen molar-refractivity contribution < 1.29 is 19.1 Å². The van der Waals surface area contributed by atoms with Crippen molar-refractivity contribution in [2.45, 2.75) is 25.7 Å². The zero-order valence-corrected chi connectivity index (χ0v) is 18.7. The van der Waals surface area contributed by atoms with E-state index in [0.717, 1.165) is 18.4 Å². The van der Waals surface area contributed by atoms with Crippen molar-refractivity contribution in [1.29, 1.82) is 0 Å². The average Bonchev–Trinajstić information content (AvgIpc) is 2.88. The van der Waals surface area contributed by atoms with Crippen LogP contribution < -0.4 is 0 Å². The Bertz CT molecular complexity index is 819. The standard InChI is InChI=1S/C25H33N3O4/c29-23(7-6-20-4-2-1-3-5-20)26-12-8-21(9-13-26)24(30)27-14-10-22(11-15-27)25(31)28-16-18-32-19-17-28/h1-7,21-22H,8-19H2/b7-6+. The van der Waals surface area contributed by atoms with Crippen LogP contribution in [0.3, 0.4) is 0 Å². The first-order valence-electron chi connectivity index (χ1n) is 11.8. The quantitative estimate of drug-likeness (QED) is 0.674. The Morgan fingerprint density at radius 1 is 0.719 bits per heavy atom. The molecule has 3 aliphatic heterocycles. The fraction of sp³-hybridized carbons (Fsp3) is 0.560. The monoisotopic (exact) mass is 439 g/mol. The van der Waals surface area contributed by atoms with Crippen molar-refractivity contribution in [1.82, 2.24) is 14.7 Å². The highest BCUT2D eigenvalue weighted by Crippen LogP contribution is 2.25. The van der Waals surface area contributed by atoms with E-state index in [0.29, 0.717) is 65.3 Å². The summed E-state index contributed by atoms with van der Waals surface area (Å²) in [6.07, 6.45) is 6.34. The molecule has 0 aliphatic carbocycles. The fourth-order valence-corrected chi connectivity index (χ4v) is 4.83. The lowest BCUT2D eigenvalue weighted by molar-refractivity contribution is -0.146. The van der Waals surface area contributed by atoms with Gasteiger partial charge in [-0.05, 0) is 37.3 Å².